The Labute approximate surface area is 156 Å². The molecule has 3 rings (SSSR count). The minimum Gasteiger partial charge on any atom is -0.354 e. The van der Waals surface area contributed by atoms with Crippen LogP contribution in [0, 0.1) is 0 Å². The summed E-state index contributed by atoms with van der Waals surface area (Å²) in [4.78, 5) is 31.3. The van der Waals surface area contributed by atoms with Crippen LogP contribution in [-0.4, -0.2) is 32.9 Å². The smallest absolute Gasteiger partial charge is 0.253 e. The minimum atomic E-state index is -0.158. The van der Waals surface area contributed by atoms with Crippen LogP contribution in [0.1, 0.15) is 33.7 Å². The molecule has 8 heteroatoms. The van der Waals surface area contributed by atoms with Crippen LogP contribution in [0.3, 0.4) is 0 Å². The van der Waals surface area contributed by atoms with Crippen LogP contribution in [0.25, 0.3) is 0 Å². The van der Waals surface area contributed by atoms with E-state index in [-0.39, 0.29) is 5.91 Å². The van der Waals surface area contributed by atoms with Gasteiger partial charge in [-0.1, -0.05) is 6.92 Å². The van der Waals surface area contributed by atoms with Crippen LogP contribution in [0.2, 0.25) is 0 Å². The number of hydrogen-bond donors (Lipinski definition) is 1. The van der Waals surface area contributed by atoms with Gasteiger partial charge in [0, 0.05) is 31.0 Å². The Hall–Kier alpha value is -2.87. The molecule has 0 unspecified atom stereocenters. The van der Waals surface area contributed by atoms with E-state index >= 15 is 0 Å². The lowest BCUT2D eigenvalue weighted by molar-refractivity contribution is 0.0950. The van der Waals surface area contributed by atoms with E-state index < -0.39 is 0 Å². The van der Waals surface area contributed by atoms with Crippen molar-refractivity contribution < 1.29 is 4.79 Å². The van der Waals surface area contributed by atoms with Crippen LogP contribution in [-0.2, 0) is 19.5 Å². The fourth-order valence-corrected chi connectivity index (χ4v) is 3.15. The normalized spacial score (nSPS) is 10.5. The lowest BCUT2D eigenvalue weighted by Gasteiger charge is -2.17. The summed E-state index contributed by atoms with van der Waals surface area (Å²) in [7, 11) is 1.92. The third-order valence-electron chi connectivity index (χ3n) is 3.78. The van der Waals surface area contributed by atoms with E-state index in [0.717, 1.165) is 28.6 Å². The van der Waals surface area contributed by atoms with Crippen molar-refractivity contribution in [1.82, 2.24) is 25.3 Å². The molecule has 0 aliphatic heterocycles. The number of carbonyl (C=O) groups excluding carboxylic acids is 1. The van der Waals surface area contributed by atoms with E-state index in [2.05, 4.69) is 32.2 Å². The van der Waals surface area contributed by atoms with E-state index in [9.17, 15) is 4.79 Å². The summed E-state index contributed by atoms with van der Waals surface area (Å²) >= 11 is 1.56. The maximum absolute atomic E-state index is 12.3. The molecule has 0 saturated carbocycles. The molecule has 1 amide bonds. The molecule has 3 aromatic rings. The zero-order valence-electron chi connectivity index (χ0n) is 14.7. The Balaban J connectivity index is 1.56. The van der Waals surface area contributed by atoms with Gasteiger partial charge in [0.1, 0.15) is 10.8 Å². The number of rotatable bonds is 7. The highest BCUT2D eigenvalue weighted by atomic mass is 32.1. The number of thiazole rings is 1. The average molecular weight is 368 g/mol. The molecular formula is C18H20N6OS. The first kappa shape index (κ1) is 17.9. The second kappa shape index (κ2) is 8.48. The summed E-state index contributed by atoms with van der Waals surface area (Å²) in [6.45, 7) is 3.08. The van der Waals surface area contributed by atoms with E-state index in [1.54, 1.807) is 42.2 Å². The van der Waals surface area contributed by atoms with Gasteiger partial charge >= 0.3 is 0 Å². The predicted octanol–water partition coefficient (Wildman–Crippen LogP) is 2.46. The number of pyridine rings is 1. The quantitative estimate of drug-likeness (QED) is 0.690. The number of aromatic nitrogens is 4. The maximum atomic E-state index is 12.3. The summed E-state index contributed by atoms with van der Waals surface area (Å²) in [6.07, 6.45) is 7.51. The van der Waals surface area contributed by atoms with Crippen molar-refractivity contribution in [2.75, 3.05) is 11.9 Å². The second-order valence-corrected chi connectivity index (χ2v) is 6.67. The third-order valence-corrected chi connectivity index (χ3v) is 4.68. The summed E-state index contributed by atoms with van der Waals surface area (Å²) in [5.41, 5.74) is 2.43. The Kier molecular flexibility index (Phi) is 5.85. The fraction of sp³-hybridized carbons (Fsp3) is 0.278. The molecule has 0 saturated heterocycles. The zero-order valence-corrected chi connectivity index (χ0v) is 15.5. The van der Waals surface area contributed by atoms with Crippen molar-refractivity contribution in [3.63, 3.8) is 0 Å². The summed E-state index contributed by atoms with van der Waals surface area (Å²) in [6, 6.07) is 3.59. The average Bonchev–Trinajstić information content (AvgIpc) is 3.15. The number of hydrogen-bond acceptors (Lipinski definition) is 7. The van der Waals surface area contributed by atoms with Crippen LogP contribution >= 0.6 is 11.3 Å². The van der Waals surface area contributed by atoms with Crippen molar-refractivity contribution >= 4 is 23.1 Å². The Morgan fingerprint density at radius 2 is 2.08 bits per heavy atom. The molecule has 3 aromatic heterocycles. The topological polar surface area (TPSA) is 83.9 Å². The lowest BCUT2D eigenvalue weighted by atomic mass is 10.2. The number of amides is 1. The lowest BCUT2D eigenvalue weighted by Crippen LogP contribution is -2.23. The predicted molar refractivity (Wildman–Crippen MR) is 101 cm³/mol. The standard InChI is InChI=1S/C18H20N6OS/c1-3-14-12-26-17(23-14)10-22-18(25)13-4-5-16(21-8-13)24(2)11-15-9-19-6-7-20-15/h4-9,12H,3,10-11H2,1-2H3,(H,22,25). The molecule has 26 heavy (non-hydrogen) atoms. The van der Waals surface area contributed by atoms with Gasteiger partial charge in [-0.15, -0.1) is 11.3 Å². The molecule has 1 N–H and O–H groups in total. The van der Waals surface area contributed by atoms with Crippen LogP contribution in [0.4, 0.5) is 5.82 Å². The number of carbonyl (C=O) groups is 1. The molecule has 0 fully saturated rings. The van der Waals surface area contributed by atoms with Crippen LogP contribution in [0.5, 0.6) is 0 Å². The Morgan fingerprint density at radius 3 is 2.73 bits per heavy atom. The molecule has 0 radical (unpaired) electrons. The Morgan fingerprint density at radius 1 is 1.19 bits per heavy atom. The van der Waals surface area contributed by atoms with Gasteiger partial charge < -0.3 is 10.2 Å². The van der Waals surface area contributed by atoms with E-state index in [0.29, 0.717) is 18.7 Å². The largest absolute Gasteiger partial charge is 0.354 e. The molecule has 0 aliphatic rings. The first-order chi connectivity index (χ1) is 12.7. The number of nitrogens with zero attached hydrogens (tertiary/aromatic N) is 5. The number of nitrogens with one attached hydrogen (secondary N) is 1. The van der Waals surface area contributed by atoms with Gasteiger partial charge in [0.2, 0.25) is 0 Å². The highest BCUT2D eigenvalue weighted by molar-refractivity contribution is 7.09. The van der Waals surface area contributed by atoms with Gasteiger partial charge in [0.05, 0.1) is 36.2 Å². The molecule has 3 heterocycles. The zero-order chi connectivity index (χ0) is 18.4. The molecule has 0 spiro atoms. The van der Waals surface area contributed by atoms with Gasteiger partial charge in [-0.3, -0.25) is 14.8 Å². The van der Waals surface area contributed by atoms with E-state index in [1.807, 2.05) is 23.4 Å². The van der Waals surface area contributed by atoms with Crippen molar-refractivity contribution in [2.24, 2.45) is 0 Å². The van der Waals surface area contributed by atoms with Gasteiger partial charge in [-0.25, -0.2) is 9.97 Å². The second-order valence-electron chi connectivity index (χ2n) is 5.73. The van der Waals surface area contributed by atoms with Crippen molar-refractivity contribution in [2.45, 2.75) is 26.4 Å². The number of aryl methyl sites for hydroxylation is 1. The molecule has 0 aliphatic carbocycles. The molecule has 7 nitrogen and oxygen atoms in total. The molecule has 0 bridgehead atoms. The SMILES string of the molecule is CCc1csc(CNC(=O)c2ccc(N(C)Cc3cnccn3)nc2)n1. The highest BCUT2D eigenvalue weighted by Crippen LogP contribution is 2.13. The van der Waals surface area contributed by atoms with E-state index in [1.165, 1.54) is 0 Å². The number of anilines is 1. The third kappa shape index (κ3) is 4.60. The van der Waals surface area contributed by atoms with Crippen molar-refractivity contribution in [3.05, 3.63) is 64.3 Å². The van der Waals surface area contributed by atoms with Crippen LogP contribution < -0.4 is 10.2 Å². The fourth-order valence-electron chi connectivity index (χ4n) is 2.33. The van der Waals surface area contributed by atoms with Gasteiger partial charge in [-0.05, 0) is 18.6 Å². The molecule has 134 valence electrons. The van der Waals surface area contributed by atoms with E-state index in [4.69, 9.17) is 0 Å². The molecular weight excluding hydrogens is 348 g/mol. The maximum Gasteiger partial charge on any atom is 0.253 e. The highest BCUT2D eigenvalue weighted by Gasteiger charge is 2.10. The molecule has 0 atom stereocenters. The van der Waals surface area contributed by atoms with Crippen molar-refractivity contribution in [1.29, 1.82) is 0 Å². The summed E-state index contributed by atoms with van der Waals surface area (Å²) in [5.74, 6) is 0.605. The van der Waals surface area contributed by atoms with Gasteiger partial charge in [0.15, 0.2) is 0 Å². The molecule has 0 aromatic carbocycles. The summed E-state index contributed by atoms with van der Waals surface area (Å²) in [5, 5.41) is 5.80. The van der Waals surface area contributed by atoms with Crippen molar-refractivity contribution in [3.8, 4) is 0 Å². The summed E-state index contributed by atoms with van der Waals surface area (Å²) < 4.78 is 0. The van der Waals surface area contributed by atoms with Gasteiger partial charge in [-0.2, -0.15) is 0 Å². The Bertz CT molecular complexity index is 850. The van der Waals surface area contributed by atoms with Crippen LogP contribution in [0.15, 0.2) is 42.3 Å². The van der Waals surface area contributed by atoms with Gasteiger partial charge in [0.25, 0.3) is 5.91 Å². The first-order valence-electron chi connectivity index (χ1n) is 8.29. The minimum absolute atomic E-state index is 0.158. The monoisotopic (exact) mass is 368 g/mol. The first-order valence-corrected chi connectivity index (χ1v) is 9.17.